The summed E-state index contributed by atoms with van der Waals surface area (Å²) < 4.78 is 2.07. The van der Waals surface area contributed by atoms with Gasteiger partial charge in [-0.1, -0.05) is 11.8 Å². The minimum Gasteiger partial charge on any atom is -0.372 e. The van der Waals surface area contributed by atoms with E-state index in [4.69, 9.17) is 0 Å². The molecule has 6 nitrogen and oxygen atoms in total. The fourth-order valence-electron chi connectivity index (χ4n) is 2.86. The molecular formula is C19H29N5OS. The molecule has 0 fully saturated rings. The highest BCUT2D eigenvalue weighted by molar-refractivity contribution is 8.00. The van der Waals surface area contributed by atoms with Gasteiger partial charge >= 0.3 is 0 Å². The lowest BCUT2D eigenvalue weighted by Crippen LogP contribution is -2.29. The van der Waals surface area contributed by atoms with E-state index in [1.54, 1.807) is 19.0 Å². The maximum atomic E-state index is 12.1. The molecule has 2 aromatic rings. The van der Waals surface area contributed by atoms with E-state index in [-0.39, 0.29) is 11.2 Å². The maximum Gasteiger partial charge on any atom is 0.235 e. The molecule has 1 atom stereocenters. The van der Waals surface area contributed by atoms with Crippen LogP contribution in [0.15, 0.2) is 29.4 Å². The van der Waals surface area contributed by atoms with Crippen molar-refractivity contribution < 1.29 is 4.79 Å². The number of benzene rings is 1. The predicted molar refractivity (Wildman–Crippen MR) is 109 cm³/mol. The van der Waals surface area contributed by atoms with E-state index >= 15 is 0 Å². The molecule has 0 saturated heterocycles. The summed E-state index contributed by atoms with van der Waals surface area (Å²) in [6.45, 7) is 11.0. The Morgan fingerprint density at radius 3 is 2.23 bits per heavy atom. The fraction of sp³-hybridized carbons (Fsp3) is 0.526. The maximum absolute atomic E-state index is 12.1. The molecule has 1 unspecified atom stereocenters. The third kappa shape index (κ3) is 4.38. The van der Waals surface area contributed by atoms with Gasteiger partial charge in [-0.3, -0.25) is 4.79 Å². The van der Waals surface area contributed by atoms with Gasteiger partial charge in [0.05, 0.1) is 5.25 Å². The van der Waals surface area contributed by atoms with Crippen molar-refractivity contribution in [3.05, 3.63) is 24.3 Å². The third-order valence-corrected chi connectivity index (χ3v) is 5.43. The largest absolute Gasteiger partial charge is 0.372 e. The quantitative estimate of drug-likeness (QED) is 0.662. The lowest BCUT2D eigenvalue weighted by molar-refractivity contribution is -0.127. The van der Waals surface area contributed by atoms with Gasteiger partial charge in [0.15, 0.2) is 11.0 Å². The standard InChI is InChI=1S/C19H29N5OS/c1-7-23(8-2)16-12-10-15(11-13-16)17-20-21-19(24(17)9-3)26-14(4)18(25)22(5)6/h10-14H,7-9H2,1-6H3. The topological polar surface area (TPSA) is 54.3 Å². The van der Waals surface area contributed by atoms with Gasteiger partial charge in [0, 0.05) is 45.0 Å². The summed E-state index contributed by atoms with van der Waals surface area (Å²) in [7, 11) is 3.54. The number of nitrogens with zero attached hydrogens (tertiary/aromatic N) is 5. The van der Waals surface area contributed by atoms with Crippen molar-refractivity contribution in [2.45, 2.75) is 44.6 Å². The summed E-state index contributed by atoms with van der Waals surface area (Å²) >= 11 is 1.45. The van der Waals surface area contributed by atoms with E-state index in [1.807, 2.05) is 6.92 Å². The number of anilines is 1. The van der Waals surface area contributed by atoms with E-state index in [0.717, 1.165) is 36.2 Å². The van der Waals surface area contributed by atoms with Crippen molar-refractivity contribution in [2.24, 2.45) is 0 Å². The zero-order chi connectivity index (χ0) is 19.3. The fourth-order valence-corrected chi connectivity index (χ4v) is 3.92. The van der Waals surface area contributed by atoms with Crippen LogP contribution in [0.25, 0.3) is 11.4 Å². The highest BCUT2D eigenvalue weighted by Gasteiger charge is 2.21. The number of aromatic nitrogens is 3. The molecule has 1 aromatic heterocycles. The van der Waals surface area contributed by atoms with Crippen LogP contribution in [0.4, 0.5) is 5.69 Å². The first-order chi connectivity index (χ1) is 12.4. The molecule has 0 aliphatic carbocycles. The number of carbonyl (C=O) groups excluding carboxylic acids is 1. The van der Waals surface area contributed by atoms with Crippen LogP contribution in [0.1, 0.15) is 27.7 Å². The van der Waals surface area contributed by atoms with Crippen molar-refractivity contribution in [3.8, 4) is 11.4 Å². The summed E-state index contributed by atoms with van der Waals surface area (Å²) in [5.41, 5.74) is 2.25. The summed E-state index contributed by atoms with van der Waals surface area (Å²) in [6.07, 6.45) is 0. The second-order valence-electron chi connectivity index (χ2n) is 6.26. The molecule has 1 heterocycles. The molecule has 0 saturated carbocycles. The molecule has 0 aliphatic heterocycles. The highest BCUT2D eigenvalue weighted by atomic mass is 32.2. The molecule has 7 heteroatoms. The van der Waals surface area contributed by atoms with Crippen molar-refractivity contribution in [3.63, 3.8) is 0 Å². The van der Waals surface area contributed by atoms with Gasteiger partial charge in [-0.05, 0) is 52.0 Å². The second kappa shape index (κ2) is 9.07. The molecule has 0 spiro atoms. The number of amides is 1. The Bertz CT molecular complexity index is 722. The number of hydrogen-bond donors (Lipinski definition) is 0. The smallest absolute Gasteiger partial charge is 0.235 e. The van der Waals surface area contributed by atoms with Gasteiger partial charge in [0.2, 0.25) is 5.91 Å². The molecule has 0 bridgehead atoms. The Labute approximate surface area is 160 Å². The van der Waals surface area contributed by atoms with Gasteiger partial charge in [-0.25, -0.2) is 0 Å². The summed E-state index contributed by atoms with van der Waals surface area (Å²) in [6, 6.07) is 8.43. The van der Waals surface area contributed by atoms with Crippen molar-refractivity contribution in [2.75, 3.05) is 32.1 Å². The lowest BCUT2D eigenvalue weighted by Gasteiger charge is -2.21. The zero-order valence-electron chi connectivity index (χ0n) is 16.6. The Morgan fingerprint density at radius 1 is 1.12 bits per heavy atom. The minimum atomic E-state index is -0.197. The normalized spacial score (nSPS) is 12.1. The van der Waals surface area contributed by atoms with Gasteiger partial charge in [0.25, 0.3) is 0 Å². The lowest BCUT2D eigenvalue weighted by atomic mass is 10.2. The highest BCUT2D eigenvalue weighted by Crippen LogP contribution is 2.28. The van der Waals surface area contributed by atoms with E-state index in [9.17, 15) is 4.79 Å². The Kier molecular flexibility index (Phi) is 7.08. The SMILES string of the molecule is CCN(CC)c1ccc(-c2nnc(SC(C)C(=O)N(C)C)n2CC)cc1. The molecule has 0 radical (unpaired) electrons. The van der Waals surface area contributed by atoms with Crippen LogP contribution in [-0.2, 0) is 11.3 Å². The first-order valence-corrected chi connectivity index (χ1v) is 9.97. The van der Waals surface area contributed by atoms with Crippen molar-refractivity contribution in [1.82, 2.24) is 19.7 Å². The minimum absolute atomic E-state index is 0.0748. The molecule has 0 aliphatic rings. The summed E-state index contributed by atoms with van der Waals surface area (Å²) in [5.74, 6) is 0.913. The van der Waals surface area contributed by atoms with Crippen LogP contribution in [0.5, 0.6) is 0 Å². The van der Waals surface area contributed by atoms with Gasteiger partial charge in [-0.15, -0.1) is 10.2 Å². The molecule has 1 amide bonds. The van der Waals surface area contributed by atoms with Gasteiger partial charge in [0.1, 0.15) is 0 Å². The number of thioether (sulfide) groups is 1. The van der Waals surface area contributed by atoms with Gasteiger partial charge in [-0.2, -0.15) is 0 Å². The van der Waals surface area contributed by atoms with Crippen LogP contribution in [-0.4, -0.2) is 58.0 Å². The third-order valence-electron chi connectivity index (χ3n) is 4.36. The van der Waals surface area contributed by atoms with Crippen LogP contribution in [0.3, 0.4) is 0 Å². The van der Waals surface area contributed by atoms with Crippen molar-refractivity contribution >= 4 is 23.4 Å². The van der Waals surface area contributed by atoms with Gasteiger partial charge < -0.3 is 14.4 Å². The number of rotatable bonds is 8. The first-order valence-electron chi connectivity index (χ1n) is 9.09. The predicted octanol–water partition coefficient (Wildman–Crippen LogP) is 3.38. The molecular weight excluding hydrogens is 346 g/mol. The number of carbonyl (C=O) groups is 1. The zero-order valence-corrected chi connectivity index (χ0v) is 17.4. The average Bonchev–Trinajstić information content (AvgIpc) is 3.05. The van der Waals surface area contributed by atoms with Crippen LogP contribution < -0.4 is 4.90 Å². The molecule has 2 rings (SSSR count). The Balaban J connectivity index is 2.26. The summed E-state index contributed by atoms with van der Waals surface area (Å²) in [4.78, 5) is 16.0. The summed E-state index contributed by atoms with van der Waals surface area (Å²) in [5, 5.41) is 9.29. The molecule has 142 valence electrons. The second-order valence-corrected chi connectivity index (χ2v) is 7.57. The molecule has 0 N–H and O–H groups in total. The van der Waals surface area contributed by atoms with E-state index in [2.05, 4.69) is 64.7 Å². The Hall–Kier alpha value is -2.02. The van der Waals surface area contributed by atoms with Crippen LogP contribution >= 0.6 is 11.8 Å². The Morgan fingerprint density at radius 2 is 1.73 bits per heavy atom. The van der Waals surface area contributed by atoms with Crippen LogP contribution in [0, 0.1) is 0 Å². The average molecular weight is 376 g/mol. The molecule has 26 heavy (non-hydrogen) atoms. The first kappa shape index (κ1) is 20.3. The van der Waals surface area contributed by atoms with E-state index in [0.29, 0.717) is 0 Å². The van der Waals surface area contributed by atoms with E-state index < -0.39 is 0 Å². The van der Waals surface area contributed by atoms with Crippen LogP contribution in [0.2, 0.25) is 0 Å². The van der Waals surface area contributed by atoms with E-state index in [1.165, 1.54) is 17.4 Å². The van der Waals surface area contributed by atoms with Crippen molar-refractivity contribution in [1.29, 1.82) is 0 Å². The number of hydrogen-bond acceptors (Lipinski definition) is 5. The monoisotopic (exact) mass is 375 g/mol. The molecule has 1 aromatic carbocycles.